The summed E-state index contributed by atoms with van der Waals surface area (Å²) in [5, 5.41) is 25.1. The molecule has 0 radical (unpaired) electrons. The van der Waals surface area contributed by atoms with E-state index in [4.69, 9.17) is 18.9 Å². The van der Waals surface area contributed by atoms with Crippen LogP contribution in [0, 0.1) is 0 Å². The Morgan fingerprint density at radius 2 is 1.91 bits per heavy atom. The molecule has 0 amide bonds. The van der Waals surface area contributed by atoms with E-state index in [-0.39, 0.29) is 19.4 Å². The predicted octanol–water partition coefficient (Wildman–Crippen LogP) is 2.61. The molecule has 4 atom stereocenters. The Balaban J connectivity index is 2.17. The van der Waals surface area contributed by atoms with Crippen molar-refractivity contribution in [2.75, 3.05) is 20.3 Å². The van der Waals surface area contributed by atoms with E-state index >= 15 is 0 Å². The average Bonchev–Trinajstić information content (AvgIpc) is 2.78. The molecular weight excluding hydrogens is 454 g/mol. The Hall–Kier alpha value is -2.62. The van der Waals surface area contributed by atoms with Gasteiger partial charge in [-0.15, -0.1) is 0 Å². The van der Waals surface area contributed by atoms with Gasteiger partial charge in [0.2, 0.25) is 0 Å². The molecule has 2 rings (SSSR count). The van der Waals surface area contributed by atoms with Gasteiger partial charge in [-0.3, -0.25) is 0 Å². The first-order chi connectivity index (χ1) is 16.4. The zero-order valence-corrected chi connectivity index (χ0v) is 21.5. The van der Waals surface area contributed by atoms with E-state index < -0.39 is 41.3 Å². The van der Waals surface area contributed by atoms with E-state index in [9.17, 15) is 19.8 Å². The number of carbonyl (C=O) groups excluding carboxylic acids is 2. The lowest BCUT2D eigenvalue weighted by atomic mass is 9.77. The van der Waals surface area contributed by atoms with E-state index in [1.807, 2.05) is 27.7 Å². The van der Waals surface area contributed by atoms with Crippen molar-refractivity contribution in [3.8, 4) is 11.5 Å². The van der Waals surface area contributed by atoms with Crippen molar-refractivity contribution in [1.29, 1.82) is 0 Å². The van der Waals surface area contributed by atoms with Gasteiger partial charge in [-0.2, -0.15) is 0 Å². The SMILES string of the molecule is CCCOc1ccc(/C=C/C(=O)O[C@@H]2C[C@](O)(C(=O)OCC)C[C@H](NC(C)(C)C)[C@H]2O)cc1OC. The topological polar surface area (TPSA) is 124 Å². The van der Waals surface area contributed by atoms with Crippen molar-refractivity contribution in [3.63, 3.8) is 0 Å². The Morgan fingerprint density at radius 3 is 2.51 bits per heavy atom. The molecule has 0 aromatic heterocycles. The minimum absolute atomic E-state index is 0.0690. The minimum atomic E-state index is -1.89. The van der Waals surface area contributed by atoms with E-state index in [1.54, 1.807) is 31.2 Å². The van der Waals surface area contributed by atoms with Gasteiger partial charge in [0.25, 0.3) is 0 Å². The monoisotopic (exact) mass is 493 g/mol. The van der Waals surface area contributed by atoms with E-state index in [1.165, 1.54) is 13.2 Å². The highest BCUT2D eigenvalue weighted by molar-refractivity contribution is 5.87. The highest BCUT2D eigenvalue weighted by Crippen LogP contribution is 2.33. The Kier molecular flexibility index (Phi) is 10.1. The Morgan fingerprint density at radius 1 is 1.20 bits per heavy atom. The second-order valence-corrected chi connectivity index (χ2v) is 9.72. The Labute approximate surface area is 207 Å². The molecule has 196 valence electrons. The van der Waals surface area contributed by atoms with Crippen LogP contribution in [0.4, 0.5) is 0 Å². The molecule has 0 saturated heterocycles. The number of benzene rings is 1. The largest absolute Gasteiger partial charge is 0.493 e. The lowest BCUT2D eigenvalue weighted by Gasteiger charge is -2.44. The van der Waals surface area contributed by atoms with Crippen molar-refractivity contribution in [2.24, 2.45) is 0 Å². The summed E-state index contributed by atoms with van der Waals surface area (Å²) in [4.78, 5) is 25.1. The maximum absolute atomic E-state index is 12.6. The Bertz CT molecular complexity index is 894. The van der Waals surface area contributed by atoms with Crippen molar-refractivity contribution in [2.45, 2.75) is 83.3 Å². The molecule has 0 heterocycles. The third kappa shape index (κ3) is 8.23. The number of aliphatic hydroxyl groups excluding tert-OH is 1. The van der Waals surface area contributed by atoms with Gasteiger partial charge in [0.15, 0.2) is 17.1 Å². The summed E-state index contributed by atoms with van der Waals surface area (Å²) in [5.74, 6) is -0.383. The molecule has 1 saturated carbocycles. The number of ether oxygens (including phenoxy) is 4. The van der Waals surface area contributed by atoms with Gasteiger partial charge < -0.3 is 34.5 Å². The van der Waals surface area contributed by atoms with Crippen LogP contribution in [-0.4, -0.2) is 71.9 Å². The molecule has 0 aliphatic heterocycles. The fourth-order valence-corrected chi connectivity index (χ4v) is 3.99. The van der Waals surface area contributed by atoms with Crippen molar-refractivity contribution in [1.82, 2.24) is 5.32 Å². The number of carbonyl (C=O) groups is 2. The molecular formula is C26H39NO8. The molecule has 0 unspecified atom stereocenters. The van der Waals surface area contributed by atoms with Crippen LogP contribution in [0.2, 0.25) is 0 Å². The van der Waals surface area contributed by atoms with Crippen LogP contribution in [0.15, 0.2) is 24.3 Å². The van der Waals surface area contributed by atoms with Crippen molar-refractivity contribution < 1.29 is 38.7 Å². The number of hydrogen-bond donors (Lipinski definition) is 3. The zero-order valence-electron chi connectivity index (χ0n) is 21.5. The number of rotatable bonds is 10. The van der Waals surface area contributed by atoms with Crippen molar-refractivity contribution in [3.05, 3.63) is 29.8 Å². The summed E-state index contributed by atoms with van der Waals surface area (Å²) in [7, 11) is 1.53. The standard InChI is InChI=1S/C26H39NO8/c1-7-13-34-19-11-9-17(14-20(19)32-6)10-12-22(28)35-21-16-26(31,24(30)33-8-2)15-18(23(21)29)27-25(3,4)5/h9-12,14,18,21,23,27,29,31H,7-8,13,15-16H2,1-6H3/b12-10+/t18-,21+,23+,26-/m0/s1. The number of methoxy groups -OCH3 is 1. The van der Waals surface area contributed by atoms with Crippen LogP contribution in [0.5, 0.6) is 11.5 Å². The number of nitrogens with one attached hydrogen (secondary N) is 1. The minimum Gasteiger partial charge on any atom is -0.493 e. The third-order valence-electron chi connectivity index (χ3n) is 5.49. The lowest BCUT2D eigenvalue weighted by molar-refractivity contribution is -0.188. The highest BCUT2D eigenvalue weighted by Gasteiger charge is 2.52. The van der Waals surface area contributed by atoms with E-state index in [0.717, 1.165) is 6.42 Å². The molecule has 1 aliphatic carbocycles. The van der Waals surface area contributed by atoms with Gasteiger partial charge in [0, 0.05) is 30.5 Å². The fourth-order valence-electron chi connectivity index (χ4n) is 3.99. The lowest BCUT2D eigenvalue weighted by Crippen LogP contribution is -2.63. The van der Waals surface area contributed by atoms with Crippen LogP contribution in [0.25, 0.3) is 6.08 Å². The number of aliphatic hydroxyl groups is 2. The summed E-state index contributed by atoms with van der Waals surface area (Å²) >= 11 is 0. The van der Waals surface area contributed by atoms with Gasteiger partial charge in [-0.25, -0.2) is 9.59 Å². The third-order valence-corrected chi connectivity index (χ3v) is 5.49. The highest BCUT2D eigenvalue weighted by atomic mass is 16.6. The van der Waals surface area contributed by atoms with Crippen LogP contribution < -0.4 is 14.8 Å². The summed E-state index contributed by atoms with van der Waals surface area (Å²) in [6.07, 6.45) is 1.05. The second kappa shape index (κ2) is 12.4. The average molecular weight is 494 g/mol. The quantitative estimate of drug-likeness (QED) is 0.333. The normalized spacial score (nSPS) is 24.7. The molecule has 0 spiro atoms. The second-order valence-electron chi connectivity index (χ2n) is 9.72. The maximum Gasteiger partial charge on any atom is 0.338 e. The van der Waals surface area contributed by atoms with Crippen LogP contribution in [0.3, 0.4) is 0 Å². The zero-order chi connectivity index (χ0) is 26.2. The molecule has 35 heavy (non-hydrogen) atoms. The van der Waals surface area contributed by atoms with Gasteiger partial charge in [-0.05, 0) is 57.9 Å². The van der Waals surface area contributed by atoms with Gasteiger partial charge in [0.05, 0.1) is 20.3 Å². The number of esters is 2. The fraction of sp³-hybridized carbons (Fsp3) is 0.615. The number of hydrogen-bond acceptors (Lipinski definition) is 9. The first-order valence-electron chi connectivity index (χ1n) is 12.0. The molecule has 0 bridgehead atoms. The molecule has 3 N–H and O–H groups in total. The molecule has 1 aromatic carbocycles. The van der Waals surface area contributed by atoms with Crippen LogP contribution in [0.1, 0.15) is 59.4 Å². The molecule has 9 heteroatoms. The molecule has 1 aliphatic rings. The molecule has 1 fully saturated rings. The summed E-state index contributed by atoms with van der Waals surface area (Å²) in [5.41, 5.74) is -1.63. The first kappa shape index (κ1) is 28.6. The van der Waals surface area contributed by atoms with Gasteiger partial charge in [0.1, 0.15) is 12.2 Å². The molecule has 9 nitrogen and oxygen atoms in total. The van der Waals surface area contributed by atoms with Gasteiger partial charge >= 0.3 is 11.9 Å². The summed E-state index contributed by atoms with van der Waals surface area (Å²) in [6.45, 7) is 10.00. The smallest absolute Gasteiger partial charge is 0.338 e. The van der Waals surface area contributed by atoms with Gasteiger partial charge in [-0.1, -0.05) is 13.0 Å². The molecule has 1 aromatic rings. The van der Waals surface area contributed by atoms with Crippen LogP contribution in [-0.2, 0) is 19.1 Å². The van der Waals surface area contributed by atoms with Crippen molar-refractivity contribution >= 4 is 18.0 Å². The van der Waals surface area contributed by atoms with Crippen LogP contribution >= 0.6 is 0 Å². The summed E-state index contributed by atoms with van der Waals surface area (Å²) < 4.78 is 21.5. The first-order valence-corrected chi connectivity index (χ1v) is 12.0. The predicted molar refractivity (Wildman–Crippen MR) is 131 cm³/mol. The van der Waals surface area contributed by atoms with E-state index in [2.05, 4.69) is 5.32 Å². The van der Waals surface area contributed by atoms with E-state index in [0.29, 0.717) is 23.7 Å². The maximum atomic E-state index is 12.6. The summed E-state index contributed by atoms with van der Waals surface area (Å²) in [6, 6.07) is 4.56.